The minimum Gasteiger partial charge on any atom is -0.462 e. The second kappa shape index (κ2) is 39.6. The molecule has 0 spiro atoms. The largest absolute Gasteiger partial charge is 0.462 e. The topological polar surface area (TPSA) is 78.9 Å². The third-order valence-corrected chi connectivity index (χ3v) is 10.4. The first kappa shape index (κ1) is 49.4. The minimum atomic E-state index is -0.759. The van der Waals surface area contributed by atoms with Gasteiger partial charge >= 0.3 is 17.9 Å². The number of hydrogen-bond acceptors (Lipinski definition) is 6. The van der Waals surface area contributed by atoms with Crippen molar-refractivity contribution in [1.29, 1.82) is 0 Å². The van der Waals surface area contributed by atoms with E-state index in [4.69, 9.17) is 14.2 Å². The van der Waals surface area contributed by atoms with E-state index in [0.717, 1.165) is 63.7 Å². The lowest BCUT2D eigenvalue weighted by molar-refractivity contribution is -0.167. The monoisotopic (exact) mass is 723 g/mol. The van der Waals surface area contributed by atoms with Crippen LogP contribution in [0.15, 0.2) is 0 Å². The van der Waals surface area contributed by atoms with E-state index in [0.29, 0.717) is 19.3 Å². The van der Waals surface area contributed by atoms with Crippen LogP contribution in [0.1, 0.15) is 246 Å². The summed E-state index contributed by atoms with van der Waals surface area (Å²) in [5.41, 5.74) is 0. The van der Waals surface area contributed by atoms with Crippen LogP contribution in [0.5, 0.6) is 0 Å². The zero-order valence-electron chi connectivity index (χ0n) is 34.6. The molecule has 0 heterocycles. The summed E-state index contributed by atoms with van der Waals surface area (Å²) < 4.78 is 16.6. The van der Waals surface area contributed by atoms with Crippen LogP contribution in [-0.2, 0) is 28.6 Å². The number of rotatable bonds is 40. The lowest BCUT2D eigenvalue weighted by atomic mass is 10.00. The van der Waals surface area contributed by atoms with Gasteiger partial charge in [0.2, 0.25) is 0 Å². The standard InChI is InChI=1S/C45H86O6/c1-5-8-10-12-14-15-16-17-18-19-20-21-22-24-29-33-37-44(47)50-40-42(39-49-43(46)36-32-28-23-13-11-9-6-2)51-45(48)38-34-30-26-25-27-31-35-41(4)7-3/h41-42H,5-40H2,1-4H3/t41?,42-/m0/s1. The Hall–Kier alpha value is -1.59. The van der Waals surface area contributed by atoms with Crippen molar-refractivity contribution in [3.63, 3.8) is 0 Å². The fraction of sp³-hybridized carbons (Fsp3) is 0.933. The second-order valence-electron chi connectivity index (χ2n) is 15.6. The van der Waals surface area contributed by atoms with Gasteiger partial charge in [-0.15, -0.1) is 0 Å². The third kappa shape index (κ3) is 38.0. The van der Waals surface area contributed by atoms with E-state index in [2.05, 4.69) is 27.7 Å². The average Bonchev–Trinajstić information content (AvgIpc) is 3.13. The molecular formula is C45H86O6. The van der Waals surface area contributed by atoms with Crippen LogP contribution in [0.3, 0.4) is 0 Å². The van der Waals surface area contributed by atoms with Crippen LogP contribution in [0, 0.1) is 5.92 Å². The number of hydrogen-bond donors (Lipinski definition) is 0. The van der Waals surface area contributed by atoms with Crippen LogP contribution in [0.25, 0.3) is 0 Å². The van der Waals surface area contributed by atoms with Crippen molar-refractivity contribution in [3.05, 3.63) is 0 Å². The highest BCUT2D eigenvalue weighted by Crippen LogP contribution is 2.16. The van der Waals surface area contributed by atoms with Crippen molar-refractivity contribution in [2.75, 3.05) is 13.2 Å². The van der Waals surface area contributed by atoms with Gasteiger partial charge in [-0.2, -0.15) is 0 Å². The summed E-state index contributed by atoms with van der Waals surface area (Å²) in [6, 6.07) is 0. The molecule has 0 rings (SSSR count). The summed E-state index contributed by atoms with van der Waals surface area (Å²) in [6.07, 6.45) is 38.1. The van der Waals surface area contributed by atoms with Gasteiger partial charge in [0.1, 0.15) is 13.2 Å². The summed E-state index contributed by atoms with van der Waals surface area (Å²) in [7, 11) is 0. The lowest BCUT2D eigenvalue weighted by Gasteiger charge is -2.18. The normalized spacial score (nSPS) is 12.5. The van der Waals surface area contributed by atoms with E-state index in [1.165, 1.54) is 141 Å². The van der Waals surface area contributed by atoms with Gasteiger partial charge in [-0.3, -0.25) is 14.4 Å². The van der Waals surface area contributed by atoms with Crippen molar-refractivity contribution in [2.24, 2.45) is 5.92 Å². The molecule has 0 radical (unpaired) electrons. The smallest absolute Gasteiger partial charge is 0.306 e. The molecule has 1 unspecified atom stereocenters. The third-order valence-electron chi connectivity index (χ3n) is 10.4. The highest BCUT2D eigenvalue weighted by molar-refractivity contribution is 5.71. The van der Waals surface area contributed by atoms with Crippen LogP contribution in [-0.4, -0.2) is 37.2 Å². The highest BCUT2D eigenvalue weighted by Gasteiger charge is 2.19. The van der Waals surface area contributed by atoms with Gasteiger partial charge in [0.05, 0.1) is 0 Å². The maximum Gasteiger partial charge on any atom is 0.306 e. The Bertz CT molecular complexity index is 768. The van der Waals surface area contributed by atoms with E-state index in [-0.39, 0.29) is 31.1 Å². The van der Waals surface area contributed by atoms with Crippen LogP contribution in [0.4, 0.5) is 0 Å². The summed E-state index contributed by atoms with van der Waals surface area (Å²) in [5.74, 6) is -0.0549. The second-order valence-corrected chi connectivity index (χ2v) is 15.6. The van der Waals surface area contributed by atoms with E-state index < -0.39 is 6.10 Å². The van der Waals surface area contributed by atoms with Gasteiger partial charge in [0.25, 0.3) is 0 Å². The molecule has 6 nitrogen and oxygen atoms in total. The van der Waals surface area contributed by atoms with Gasteiger partial charge in [0, 0.05) is 19.3 Å². The van der Waals surface area contributed by atoms with Gasteiger partial charge < -0.3 is 14.2 Å². The van der Waals surface area contributed by atoms with E-state index in [9.17, 15) is 14.4 Å². The molecule has 302 valence electrons. The zero-order chi connectivity index (χ0) is 37.5. The van der Waals surface area contributed by atoms with Crippen molar-refractivity contribution in [3.8, 4) is 0 Å². The highest BCUT2D eigenvalue weighted by atomic mass is 16.6. The molecule has 0 bridgehead atoms. The first-order chi connectivity index (χ1) is 24.9. The molecule has 51 heavy (non-hydrogen) atoms. The minimum absolute atomic E-state index is 0.0652. The number of esters is 3. The molecule has 0 fully saturated rings. The van der Waals surface area contributed by atoms with Gasteiger partial charge in [-0.1, -0.05) is 207 Å². The van der Waals surface area contributed by atoms with E-state index >= 15 is 0 Å². The summed E-state index contributed by atoms with van der Waals surface area (Å²) in [5, 5.41) is 0. The molecule has 0 aliphatic carbocycles. The fourth-order valence-electron chi connectivity index (χ4n) is 6.59. The maximum atomic E-state index is 12.6. The number of ether oxygens (including phenoxy) is 3. The molecule has 0 aliphatic rings. The number of unbranched alkanes of at least 4 members (excludes halogenated alkanes) is 26. The average molecular weight is 723 g/mol. The van der Waals surface area contributed by atoms with E-state index in [1.807, 2.05) is 0 Å². The number of carbonyl (C=O) groups is 3. The quantitative estimate of drug-likeness (QED) is 0.0356. The van der Waals surface area contributed by atoms with Crippen LogP contribution >= 0.6 is 0 Å². The van der Waals surface area contributed by atoms with Gasteiger partial charge in [0.15, 0.2) is 6.10 Å². The molecule has 0 aliphatic heterocycles. The Morgan fingerprint density at radius 3 is 1.02 bits per heavy atom. The molecule has 0 aromatic carbocycles. The zero-order valence-corrected chi connectivity index (χ0v) is 34.6. The molecule has 0 saturated heterocycles. The Kier molecular flexibility index (Phi) is 38.4. The predicted octanol–water partition coefficient (Wildman–Crippen LogP) is 13.9. The van der Waals surface area contributed by atoms with E-state index in [1.54, 1.807) is 0 Å². The summed E-state index contributed by atoms with van der Waals surface area (Å²) in [6.45, 7) is 8.92. The summed E-state index contributed by atoms with van der Waals surface area (Å²) in [4.78, 5) is 37.5. The van der Waals surface area contributed by atoms with Crippen molar-refractivity contribution < 1.29 is 28.6 Å². The molecule has 0 N–H and O–H groups in total. The molecule has 0 aromatic rings. The molecule has 0 amide bonds. The van der Waals surface area contributed by atoms with Crippen molar-refractivity contribution >= 4 is 17.9 Å². The first-order valence-electron chi connectivity index (χ1n) is 22.4. The Morgan fingerprint density at radius 2 is 0.686 bits per heavy atom. The molecule has 6 heteroatoms. The molecule has 2 atom stereocenters. The molecule has 0 saturated carbocycles. The van der Waals surface area contributed by atoms with Gasteiger partial charge in [-0.05, 0) is 25.2 Å². The van der Waals surface area contributed by atoms with Crippen molar-refractivity contribution in [1.82, 2.24) is 0 Å². The first-order valence-corrected chi connectivity index (χ1v) is 22.4. The van der Waals surface area contributed by atoms with Crippen LogP contribution in [0.2, 0.25) is 0 Å². The number of carbonyl (C=O) groups excluding carboxylic acids is 3. The van der Waals surface area contributed by atoms with Crippen molar-refractivity contribution in [2.45, 2.75) is 252 Å². The lowest BCUT2D eigenvalue weighted by Crippen LogP contribution is -2.30. The molecular weight excluding hydrogens is 636 g/mol. The Balaban J connectivity index is 4.23. The molecule has 0 aromatic heterocycles. The van der Waals surface area contributed by atoms with Crippen LogP contribution < -0.4 is 0 Å². The summed E-state index contributed by atoms with van der Waals surface area (Å²) >= 11 is 0. The Morgan fingerprint density at radius 1 is 0.392 bits per heavy atom. The fourth-order valence-corrected chi connectivity index (χ4v) is 6.59. The van der Waals surface area contributed by atoms with Gasteiger partial charge in [-0.25, -0.2) is 0 Å². The SMILES string of the molecule is CCCCCCCCCCCCCCCCCCC(=O)OC[C@H](COC(=O)CCCCCCCCC)OC(=O)CCCCCCCCC(C)CC. The predicted molar refractivity (Wildman–Crippen MR) is 215 cm³/mol. The maximum absolute atomic E-state index is 12.6. The Labute approximate surface area is 317 Å².